The maximum atomic E-state index is 11.4. The maximum absolute atomic E-state index is 11.4. The van der Waals surface area contributed by atoms with Crippen LogP contribution in [0.25, 0.3) is 0 Å². The molecule has 0 bridgehead atoms. The third-order valence-electron chi connectivity index (χ3n) is 2.25. The molecule has 1 saturated carbocycles. The van der Waals surface area contributed by atoms with Crippen LogP contribution in [0, 0.1) is 11.8 Å². The molecule has 1 rings (SSSR count). The number of sulfonamides is 1. The summed E-state index contributed by atoms with van der Waals surface area (Å²) in [5, 5.41) is 0. The molecule has 0 amide bonds. The van der Waals surface area contributed by atoms with Gasteiger partial charge < -0.3 is 5.73 Å². The summed E-state index contributed by atoms with van der Waals surface area (Å²) < 4.78 is 25.3. The average Bonchev–Trinajstić information content (AvgIpc) is 2.83. The second-order valence-corrected chi connectivity index (χ2v) is 6.20. The largest absolute Gasteiger partial charge is 0.393 e. The first kappa shape index (κ1) is 11.9. The Balaban J connectivity index is 2.31. The van der Waals surface area contributed by atoms with Gasteiger partial charge in [-0.15, -0.1) is 0 Å². The van der Waals surface area contributed by atoms with Crippen molar-refractivity contribution in [3.63, 3.8) is 0 Å². The van der Waals surface area contributed by atoms with Crippen molar-refractivity contribution >= 4 is 27.2 Å². The monoisotopic (exact) mass is 236 g/mol. The molecule has 0 aromatic carbocycles. The lowest BCUT2D eigenvalue weighted by molar-refractivity contribution is 0.571. The Morgan fingerprint density at radius 3 is 2.64 bits per heavy atom. The van der Waals surface area contributed by atoms with Gasteiger partial charge in [-0.05, 0) is 18.8 Å². The molecule has 1 atom stereocenters. The maximum Gasteiger partial charge on any atom is 0.211 e. The van der Waals surface area contributed by atoms with E-state index in [0.29, 0.717) is 17.5 Å². The molecule has 0 heterocycles. The fourth-order valence-electron chi connectivity index (χ4n) is 1.01. The zero-order valence-electron chi connectivity index (χ0n) is 8.19. The van der Waals surface area contributed by atoms with E-state index >= 15 is 0 Å². The summed E-state index contributed by atoms with van der Waals surface area (Å²) in [5.74, 6) is 0.531. The SMILES string of the molecule is CC(CNS(=O)(=O)CC1CC1)C(N)=S. The van der Waals surface area contributed by atoms with E-state index < -0.39 is 10.0 Å². The summed E-state index contributed by atoms with van der Waals surface area (Å²) in [5.41, 5.74) is 5.38. The van der Waals surface area contributed by atoms with E-state index in [1.54, 1.807) is 0 Å². The first-order chi connectivity index (χ1) is 6.41. The normalized spacial score (nSPS) is 19.2. The molecule has 1 unspecified atom stereocenters. The molecule has 0 radical (unpaired) electrons. The van der Waals surface area contributed by atoms with Gasteiger partial charge in [-0.3, -0.25) is 0 Å². The van der Waals surface area contributed by atoms with Crippen LogP contribution >= 0.6 is 12.2 Å². The zero-order valence-corrected chi connectivity index (χ0v) is 9.83. The molecule has 1 fully saturated rings. The summed E-state index contributed by atoms with van der Waals surface area (Å²) >= 11 is 4.75. The topological polar surface area (TPSA) is 72.2 Å². The molecule has 3 N–H and O–H groups in total. The molecule has 0 aromatic heterocycles. The van der Waals surface area contributed by atoms with Crippen molar-refractivity contribution < 1.29 is 8.42 Å². The van der Waals surface area contributed by atoms with Gasteiger partial charge in [-0.2, -0.15) is 0 Å². The summed E-state index contributed by atoms with van der Waals surface area (Å²) in [7, 11) is -3.11. The second kappa shape index (κ2) is 4.55. The van der Waals surface area contributed by atoms with Gasteiger partial charge in [0.25, 0.3) is 0 Å². The molecule has 0 aromatic rings. The predicted molar refractivity (Wildman–Crippen MR) is 60.5 cm³/mol. The van der Waals surface area contributed by atoms with Crippen LogP contribution in [0.4, 0.5) is 0 Å². The third kappa shape index (κ3) is 4.34. The minimum absolute atomic E-state index is 0.0843. The van der Waals surface area contributed by atoms with E-state index in [2.05, 4.69) is 4.72 Å². The summed E-state index contributed by atoms with van der Waals surface area (Å²) in [6, 6.07) is 0. The van der Waals surface area contributed by atoms with E-state index in [1.807, 2.05) is 6.92 Å². The minimum Gasteiger partial charge on any atom is -0.393 e. The number of thiocarbonyl (C=S) groups is 1. The Morgan fingerprint density at radius 1 is 1.64 bits per heavy atom. The Morgan fingerprint density at radius 2 is 2.21 bits per heavy atom. The highest BCUT2D eigenvalue weighted by molar-refractivity contribution is 7.89. The molecular formula is C8H16N2O2S2. The molecule has 14 heavy (non-hydrogen) atoms. The molecule has 6 heteroatoms. The Labute approximate surface area is 90.3 Å². The van der Waals surface area contributed by atoms with Crippen LogP contribution in [0.5, 0.6) is 0 Å². The quantitative estimate of drug-likeness (QED) is 0.648. The van der Waals surface area contributed by atoms with Crippen LogP contribution in [0.15, 0.2) is 0 Å². The molecule has 4 nitrogen and oxygen atoms in total. The van der Waals surface area contributed by atoms with Crippen LogP contribution in [0.2, 0.25) is 0 Å². The van der Waals surface area contributed by atoms with Gasteiger partial charge in [0.2, 0.25) is 10.0 Å². The zero-order chi connectivity index (χ0) is 10.8. The van der Waals surface area contributed by atoms with Gasteiger partial charge in [0.05, 0.1) is 10.7 Å². The van der Waals surface area contributed by atoms with Gasteiger partial charge in [0, 0.05) is 12.5 Å². The first-order valence-corrected chi connectivity index (χ1v) is 6.73. The summed E-state index contributed by atoms with van der Waals surface area (Å²) in [6.45, 7) is 2.12. The number of rotatable bonds is 6. The van der Waals surface area contributed by atoms with Crippen molar-refractivity contribution in [3.8, 4) is 0 Å². The number of hydrogen-bond donors (Lipinski definition) is 2. The fourth-order valence-corrected chi connectivity index (χ4v) is 2.67. The number of nitrogens with one attached hydrogen (secondary N) is 1. The lowest BCUT2D eigenvalue weighted by atomic mass is 10.2. The van der Waals surface area contributed by atoms with Crippen LogP contribution < -0.4 is 10.5 Å². The number of nitrogens with two attached hydrogens (primary N) is 1. The van der Waals surface area contributed by atoms with E-state index in [0.717, 1.165) is 12.8 Å². The van der Waals surface area contributed by atoms with Crippen LogP contribution in [0.3, 0.4) is 0 Å². The van der Waals surface area contributed by atoms with Gasteiger partial charge in [0.15, 0.2) is 0 Å². The van der Waals surface area contributed by atoms with Gasteiger partial charge in [-0.1, -0.05) is 19.1 Å². The Bertz CT molecular complexity index is 309. The van der Waals surface area contributed by atoms with E-state index in [1.165, 1.54) is 0 Å². The van der Waals surface area contributed by atoms with E-state index in [4.69, 9.17) is 18.0 Å². The van der Waals surface area contributed by atoms with Crippen molar-refractivity contribution in [1.82, 2.24) is 4.72 Å². The molecule has 1 aliphatic carbocycles. The standard InChI is InChI=1S/C8H16N2O2S2/c1-6(8(9)13)4-10-14(11,12)5-7-2-3-7/h6-7,10H,2-5H2,1H3,(H2,9,13). The third-order valence-corrected chi connectivity index (χ3v) is 4.17. The predicted octanol–water partition coefficient (Wildman–Crippen LogP) is 0.238. The highest BCUT2D eigenvalue weighted by atomic mass is 32.2. The van der Waals surface area contributed by atoms with Gasteiger partial charge in [-0.25, -0.2) is 13.1 Å². The molecule has 0 aliphatic heterocycles. The van der Waals surface area contributed by atoms with Crippen molar-refractivity contribution in [2.75, 3.05) is 12.3 Å². The van der Waals surface area contributed by atoms with Crippen LogP contribution in [0.1, 0.15) is 19.8 Å². The summed E-state index contributed by atoms with van der Waals surface area (Å²) in [6.07, 6.45) is 2.07. The van der Waals surface area contributed by atoms with E-state index in [-0.39, 0.29) is 11.7 Å². The lowest BCUT2D eigenvalue weighted by Crippen LogP contribution is -2.35. The van der Waals surface area contributed by atoms with Crippen molar-refractivity contribution in [2.45, 2.75) is 19.8 Å². The van der Waals surface area contributed by atoms with Crippen molar-refractivity contribution in [2.24, 2.45) is 17.6 Å². The van der Waals surface area contributed by atoms with E-state index in [9.17, 15) is 8.42 Å². The smallest absolute Gasteiger partial charge is 0.211 e. The lowest BCUT2D eigenvalue weighted by Gasteiger charge is -2.10. The van der Waals surface area contributed by atoms with Crippen molar-refractivity contribution in [3.05, 3.63) is 0 Å². The molecule has 1 aliphatic rings. The fraction of sp³-hybridized carbons (Fsp3) is 0.875. The molecular weight excluding hydrogens is 220 g/mol. The first-order valence-electron chi connectivity index (χ1n) is 4.67. The summed E-state index contributed by atoms with van der Waals surface area (Å²) in [4.78, 5) is 0.346. The highest BCUT2D eigenvalue weighted by Gasteiger charge is 2.27. The highest BCUT2D eigenvalue weighted by Crippen LogP contribution is 2.29. The second-order valence-electron chi connectivity index (χ2n) is 3.88. The minimum atomic E-state index is -3.11. The Hall–Kier alpha value is -0.200. The average molecular weight is 236 g/mol. The molecule has 0 spiro atoms. The van der Waals surface area contributed by atoms with Gasteiger partial charge >= 0.3 is 0 Å². The Kier molecular flexibility index (Phi) is 3.86. The molecule has 0 saturated heterocycles. The number of hydrogen-bond acceptors (Lipinski definition) is 3. The van der Waals surface area contributed by atoms with Crippen LogP contribution in [-0.4, -0.2) is 25.7 Å². The van der Waals surface area contributed by atoms with Gasteiger partial charge in [0.1, 0.15) is 0 Å². The van der Waals surface area contributed by atoms with Crippen molar-refractivity contribution in [1.29, 1.82) is 0 Å². The van der Waals surface area contributed by atoms with Crippen LogP contribution in [-0.2, 0) is 10.0 Å². The molecule has 82 valence electrons.